The van der Waals surface area contributed by atoms with Crippen molar-refractivity contribution in [2.75, 3.05) is 39.3 Å². The van der Waals surface area contributed by atoms with Crippen LogP contribution in [0.25, 0.3) is 0 Å². The molecule has 2 aliphatic rings. The summed E-state index contributed by atoms with van der Waals surface area (Å²) >= 11 is 0. The average molecular weight is 385 g/mol. The van der Waals surface area contributed by atoms with Gasteiger partial charge in [-0.2, -0.15) is 22.1 Å². The molecule has 1 aromatic heterocycles. The van der Waals surface area contributed by atoms with E-state index in [1.54, 1.807) is 0 Å². The van der Waals surface area contributed by atoms with Crippen molar-refractivity contribution in [1.29, 1.82) is 0 Å². The number of rotatable bonds is 3. The Balaban J connectivity index is 1.63. The quantitative estimate of drug-likeness (QED) is 0.705. The van der Waals surface area contributed by atoms with Crippen molar-refractivity contribution in [2.24, 2.45) is 0 Å². The second kappa shape index (κ2) is 7.43. The topological polar surface area (TPSA) is 116 Å². The van der Waals surface area contributed by atoms with Crippen molar-refractivity contribution in [1.82, 2.24) is 23.7 Å². The molecule has 0 radical (unpaired) electrons. The highest BCUT2D eigenvalue weighted by atomic mass is 32.2. The van der Waals surface area contributed by atoms with Gasteiger partial charge in [0.2, 0.25) is 0 Å². The van der Waals surface area contributed by atoms with Crippen LogP contribution in [-0.2, 0) is 14.9 Å². The Kier molecular flexibility index (Phi) is 5.42. The van der Waals surface area contributed by atoms with Crippen molar-refractivity contribution in [3.8, 4) is 0 Å². The van der Waals surface area contributed by atoms with Crippen LogP contribution in [0.3, 0.4) is 0 Å². The number of carbonyl (C=O) groups is 1. The number of nitrogens with one attached hydrogen (secondary N) is 1. The van der Waals surface area contributed by atoms with Gasteiger partial charge in [0.25, 0.3) is 21.7 Å². The van der Waals surface area contributed by atoms with Crippen LogP contribution < -0.4 is 5.56 Å². The Morgan fingerprint density at radius 3 is 2.27 bits per heavy atom. The van der Waals surface area contributed by atoms with Gasteiger partial charge in [-0.25, -0.2) is 5.10 Å². The summed E-state index contributed by atoms with van der Waals surface area (Å²) in [5.41, 5.74) is -0.247. The van der Waals surface area contributed by atoms with Crippen molar-refractivity contribution in [2.45, 2.75) is 26.1 Å². The summed E-state index contributed by atoms with van der Waals surface area (Å²) in [4.78, 5) is 25.0. The molecule has 1 N–H and O–H groups in total. The number of carbonyl (C=O) groups excluding carboxylic acids is 1. The van der Waals surface area contributed by atoms with Gasteiger partial charge in [0.15, 0.2) is 0 Å². The molecule has 2 atom stereocenters. The van der Waals surface area contributed by atoms with Crippen LogP contribution in [0.15, 0.2) is 16.9 Å². The molecule has 0 unspecified atom stereocenters. The number of hydrogen-bond acceptors (Lipinski definition) is 6. The molecule has 0 spiro atoms. The fourth-order valence-electron chi connectivity index (χ4n) is 3.23. The number of piperazine rings is 1. The normalized spacial score (nSPS) is 26.0. The Labute approximate surface area is 151 Å². The van der Waals surface area contributed by atoms with E-state index >= 15 is 0 Å². The third kappa shape index (κ3) is 3.95. The van der Waals surface area contributed by atoms with Crippen molar-refractivity contribution in [3.63, 3.8) is 0 Å². The molecule has 10 nitrogen and oxygen atoms in total. The zero-order valence-corrected chi connectivity index (χ0v) is 15.6. The lowest BCUT2D eigenvalue weighted by Crippen LogP contribution is -2.57. The largest absolute Gasteiger partial charge is 0.373 e. The fourth-order valence-corrected chi connectivity index (χ4v) is 4.98. The van der Waals surface area contributed by atoms with E-state index < -0.39 is 10.2 Å². The smallest absolute Gasteiger partial charge is 0.282 e. The molecule has 0 aliphatic carbocycles. The van der Waals surface area contributed by atoms with Crippen molar-refractivity contribution >= 4 is 16.1 Å². The maximum absolute atomic E-state index is 12.9. The summed E-state index contributed by atoms with van der Waals surface area (Å²) in [5.74, 6) is -0.327. The third-order valence-electron chi connectivity index (χ3n) is 4.46. The lowest BCUT2D eigenvalue weighted by atomic mass is 10.3. The molecule has 0 bridgehead atoms. The van der Waals surface area contributed by atoms with E-state index in [1.165, 1.54) is 25.6 Å². The lowest BCUT2D eigenvalue weighted by Gasteiger charge is -2.40. The zero-order chi connectivity index (χ0) is 18.9. The number of nitrogens with zero attached hydrogens (tertiary/aromatic N) is 4. The highest BCUT2D eigenvalue weighted by molar-refractivity contribution is 7.86. The minimum absolute atomic E-state index is 0.136. The Morgan fingerprint density at radius 1 is 1.12 bits per heavy atom. The first-order valence-corrected chi connectivity index (χ1v) is 9.93. The highest BCUT2D eigenvalue weighted by Crippen LogP contribution is 2.19. The molecular formula is C15H23N5O5S. The average Bonchev–Trinajstić information content (AvgIpc) is 2.61. The number of aromatic nitrogens is 2. The lowest BCUT2D eigenvalue weighted by molar-refractivity contribution is -0.0457. The second-order valence-electron chi connectivity index (χ2n) is 6.58. The van der Waals surface area contributed by atoms with Gasteiger partial charge in [-0.1, -0.05) is 0 Å². The molecule has 11 heteroatoms. The molecule has 1 amide bonds. The van der Waals surface area contributed by atoms with Crippen molar-refractivity contribution < 1.29 is 17.9 Å². The second-order valence-corrected chi connectivity index (χ2v) is 8.51. The van der Waals surface area contributed by atoms with Gasteiger partial charge in [0.1, 0.15) is 5.69 Å². The summed E-state index contributed by atoms with van der Waals surface area (Å²) in [5, 5.41) is 5.95. The number of aromatic amines is 1. The molecule has 0 aromatic carbocycles. The Morgan fingerprint density at radius 2 is 1.73 bits per heavy atom. The molecule has 26 heavy (non-hydrogen) atoms. The van der Waals surface area contributed by atoms with Crippen LogP contribution in [0.1, 0.15) is 24.3 Å². The molecule has 2 aliphatic heterocycles. The molecule has 144 valence electrons. The van der Waals surface area contributed by atoms with Gasteiger partial charge in [-0.15, -0.1) is 0 Å². The molecule has 3 heterocycles. The van der Waals surface area contributed by atoms with Crippen LogP contribution in [0.5, 0.6) is 0 Å². The predicted molar refractivity (Wildman–Crippen MR) is 92.8 cm³/mol. The summed E-state index contributed by atoms with van der Waals surface area (Å²) in [6.07, 6.45) is -0.301. The highest BCUT2D eigenvalue weighted by Gasteiger charge is 2.37. The van der Waals surface area contributed by atoms with Gasteiger partial charge in [0.05, 0.1) is 12.2 Å². The molecule has 2 saturated heterocycles. The van der Waals surface area contributed by atoms with Crippen LogP contribution in [0.4, 0.5) is 0 Å². The zero-order valence-electron chi connectivity index (χ0n) is 14.8. The monoisotopic (exact) mass is 385 g/mol. The maximum Gasteiger partial charge on any atom is 0.282 e. The van der Waals surface area contributed by atoms with Crippen LogP contribution in [0, 0.1) is 0 Å². The van der Waals surface area contributed by atoms with Crippen molar-refractivity contribution in [3.05, 3.63) is 28.2 Å². The standard InChI is InChI=1S/C15H23N5O5S/c1-11-9-20(10-12(2)25-11)26(23,24)19-7-5-18(6-8-19)15(22)13-3-4-14(21)17-16-13/h3-4,11-12H,5-10H2,1-2H3,(H,17,21)/t11-,12-/m1/s1. The van der Waals surface area contributed by atoms with Gasteiger partial charge in [0, 0.05) is 45.3 Å². The Hall–Kier alpha value is -1.82. The summed E-state index contributed by atoms with van der Waals surface area (Å²) in [6, 6.07) is 2.60. The van der Waals surface area contributed by atoms with E-state index in [0.717, 1.165) is 0 Å². The van der Waals surface area contributed by atoms with Crippen LogP contribution in [0.2, 0.25) is 0 Å². The number of ether oxygens (including phenoxy) is 1. The van der Waals surface area contributed by atoms with E-state index in [0.29, 0.717) is 13.1 Å². The van der Waals surface area contributed by atoms with E-state index in [9.17, 15) is 18.0 Å². The molecule has 3 rings (SSSR count). The molecule has 1 aromatic rings. The van der Waals surface area contributed by atoms with Crippen LogP contribution in [-0.4, -0.2) is 89.5 Å². The minimum atomic E-state index is -3.58. The van der Waals surface area contributed by atoms with Gasteiger partial charge >= 0.3 is 0 Å². The summed E-state index contributed by atoms with van der Waals surface area (Å²) < 4.78 is 34.2. The SMILES string of the molecule is C[C@@H]1CN(S(=O)(=O)N2CCN(C(=O)c3ccc(=O)[nH]n3)CC2)C[C@@H](C)O1. The van der Waals surface area contributed by atoms with E-state index in [1.807, 2.05) is 13.8 Å². The molecule has 2 fully saturated rings. The first kappa shape index (κ1) is 19.0. The van der Waals surface area contributed by atoms with E-state index in [2.05, 4.69) is 10.2 Å². The first-order valence-electron chi connectivity index (χ1n) is 8.53. The molecule has 0 saturated carbocycles. The van der Waals surface area contributed by atoms with Gasteiger partial charge < -0.3 is 9.64 Å². The van der Waals surface area contributed by atoms with Crippen LogP contribution >= 0.6 is 0 Å². The number of hydrogen-bond donors (Lipinski definition) is 1. The number of amides is 1. The van der Waals surface area contributed by atoms with E-state index in [-0.39, 0.29) is 55.5 Å². The summed E-state index contributed by atoms with van der Waals surface area (Å²) in [6.45, 7) is 5.34. The van der Waals surface area contributed by atoms with E-state index in [4.69, 9.17) is 4.74 Å². The number of H-pyrrole nitrogens is 1. The molecular weight excluding hydrogens is 362 g/mol. The summed E-state index contributed by atoms with van der Waals surface area (Å²) in [7, 11) is -3.58. The predicted octanol–water partition coefficient (Wildman–Crippen LogP) is -1.12. The third-order valence-corrected chi connectivity index (χ3v) is 6.43. The Bertz CT molecular complexity index is 787. The number of morpholine rings is 1. The maximum atomic E-state index is 12.9. The minimum Gasteiger partial charge on any atom is -0.373 e. The fraction of sp³-hybridized carbons (Fsp3) is 0.667. The van der Waals surface area contributed by atoms with Gasteiger partial charge in [-0.3, -0.25) is 9.59 Å². The van der Waals surface area contributed by atoms with Gasteiger partial charge in [-0.05, 0) is 19.9 Å². The first-order chi connectivity index (χ1) is 12.3.